The van der Waals surface area contributed by atoms with E-state index >= 15 is 0 Å². The average Bonchev–Trinajstić information content (AvgIpc) is 3.07. The molecule has 0 saturated heterocycles. The smallest absolute Gasteiger partial charge is 0.358 e. The van der Waals surface area contributed by atoms with E-state index in [-0.39, 0.29) is 16.4 Å². The van der Waals surface area contributed by atoms with Crippen molar-refractivity contribution in [2.24, 2.45) is 0 Å². The maximum atomic E-state index is 13.4. The van der Waals surface area contributed by atoms with Gasteiger partial charge in [-0.3, -0.25) is 4.79 Å². The number of rotatable bonds is 5. The second-order valence-corrected chi connectivity index (χ2v) is 6.84. The van der Waals surface area contributed by atoms with Gasteiger partial charge in [0.15, 0.2) is 5.82 Å². The molecular formula is C17H13ClF6N6O. The largest absolute Gasteiger partial charge is 0.421 e. The average molecular weight is 467 g/mol. The van der Waals surface area contributed by atoms with Crippen LogP contribution in [0.1, 0.15) is 12.5 Å². The predicted octanol–water partition coefficient (Wildman–Crippen LogP) is 4.17. The van der Waals surface area contributed by atoms with E-state index in [9.17, 15) is 31.1 Å². The first kappa shape index (κ1) is 22.6. The number of fused-ring (bicyclic) bond motifs is 1. The van der Waals surface area contributed by atoms with Crippen LogP contribution in [0, 0.1) is 0 Å². The monoisotopic (exact) mass is 466 g/mol. The molecule has 0 radical (unpaired) electrons. The molecule has 1 amide bonds. The molecule has 3 heterocycles. The fraction of sp³-hybridized carbons (Fsp3) is 0.294. The fourth-order valence-electron chi connectivity index (χ4n) is 2.60. The second kappa shape index (κ2) is 8.21. The Morgan fingerprint density at radius 3 is 2.55 bits per heavy atom. The Bertz CT molecular complexity index is 1110. The Labute approximate surface area is 175 Å². The maximum absolute atomic E-state index is 13.4. The molecule has 0 fully saturated rings. The van der Waals surface area contributed by atoms with E-state index in [0.717, 1.165) is 6.92 Å². The molecule has 0 bridgehead atoms. The normalized spacial score (nSPS) is 13.3. The minimum absolute atomic E-state index is 0.145. The summed E-state index contributed by atoms with van der Waals surface area (Å²) in [4.78, 5) is 26.3. The molecule has 0 aromatic carbocycles. The summed E-state index contributed by atoms with van der Waals surface area (Å²) in [6, 6.07) is 0.0575. The zero-order valence-corrected chi connectivity index (χ0v) is 16.2. The van der Waals surface area contributed by atoms with Crippen LogP contribution in [0.3, 0.4) is 0 Å². The molecule has 0 aliphatic heterocycles. The Morgan fingerprint density at radius 1 is 1.19 bits per heavy atom. The van der Waals surface area contributed by atoms with Crippen molar-refractivity contribution in [2.75, 3.05) is 11.9 Å². The molecule has 3 rings (SSSR count). The third-order valence-corrected chi connectivity index (χ3v) is 4.25. The van der Waals surface area contributed by atoms with Crippen molar-refractivity contribution in [2.45, 2.75) is 25.3 Å². The van der Waals surface area contributed by atoms with Gasteiger partial charge in [-0.25, -0.2) is 15.0 Å². The summed E-state index contributed by atoms with van der Waals surface area (Å²) in [5.74, 6) is -2.07. The van der Waals surface area contributed by atoms with Gasteiger partial charge in [-0.1, -0.05) is 11.6 Å². The number of aromatic amines is 1. The van der Waals surface area contributed by atoms with E-state index in [4.69, 9.17) is 11.6 Å². The molecule has 0 saturated carbocycles. The quantitative estimate of drug-likeness (QED) is 0.491. The van der Waals surface area contributed by atoms with Crippen LogP contribution >= 0.6 is 11.6 Å². The number of halogens is 7. The molecule has 3 aromatic heterocycles. The van der Waals surface area contributed by atoms with Gasteiger partial charge in [0.1, 0.15) is 29.6 Å². The Hall–Kier alpha value is -3.09. The number of anilines is 1. The van der Waals surface area contributed by atoms with Crippen molar-refractivity contribution in [1.29, 1.82) is 0 Å². The van der Waals surface area contributed by atoms with Crippen LogP contribution in [0.15, 0.2) is 24.7 Å². The summed E-state index contributed by atoms with van der Waals surface area (Å²) in [5, 5.41) is 4.52. The number of hydrogen-bond acceptors (Lipinski definition) is 5. The molecule has 0 spiro atoms. The topological polar surface area (TPSA) is 95.6 Å². The third kappa shape index (κ3) is 5.34. The van der Waals surface area contributed by atoms with Crippen molar-refractivity contribution >= 4 is 34.4 Å². The highest BCUT2D eigenvalue weighted by Gasteiger charge is 2.36. The number of carbonyl (C=O) groups excluding carboxylic acids is 1. The van der Waals surface area contributed by atoms with Gasteiger partial charge in [0.25, 0.3) is 0 Å². The van der Waals surface area contributed by atoms with Crippen LogP contribution in [0.4, 0.5) is 32.2 Å². The number of carbonyl (C=O) groups is 1. The molecule has 0 aliphatic rings. The van der Waals surface area contributed by atoms with Crippen molar-refractivity contribution in [3.8, 4) is 11.4 Å². The first-order valence-corrected chi connectivity index (χ1v) is 8.91. The maximum Gasteiger partial charge on any atom is 0.421 e. The first-order chi connectivity index (χ1) is 14.3. The van der Waals surface area contributed by atoms with Crippen molar-refractivity contribution in [3.05, 3.63) is 35.2 Å². The molecule has 7 nitrogen and oxygen atoms in total. The van der Waals surface area contributed by atoms with Crippen LogP contribution in [0.2, 0.25) is 5.02 Å². The lowest BCUT2D eigenvalue weighted by molar-refractivity contribution is -0.139. The van der Waals surface area contributed by atoms with E-state index in [1.54, 1.807) is 5.32 Å². The molecule has 14 heteroatoms. The number of nitrogens with one attached hydrogen (secondary N) is 3. The zero-order chi connectivity index (χ0) is 23.0. The third-order valence-electron chi connectivity index (χ3n) is 4.04. The van der Waals surface area contributed by atoms with Crippen LogP contribution in [0.25, 0.3) is 22.4 Å². The summed E-state index contributed by atoms with van der Waals surface area (Å²) in [6.07, 6.45) is -6.25. The van der Waals surface area contributed by atoms with Crippen LogP contribution in [0.5, 0.6) is 0 Å². The number of hydrogen-bond donors (Lipinski definition) is 3. The van der Waals surface area contributed by atoms with Crippen LogP contribution in [-0.4, -0.2) is 44.6 Å². The predicted molar refractivity (Wildman–Crippen MR) is 99.3 cm³/mol. The number of alkyl halides is 6. The molecule has 0 aliphatic carbocycles. The summed E-state index contributed by atoms with van der Waals surface area (Å²) in [5.41, 5.74) is -0.615. The molecule has 0 unspecified atom stereocenters. The lowest BCUT2D eigenvalue weighted by Crippen LogP contribution is -2.42. The highest BCUT2D eigenvalue weighted by atomic mass is 35.5. The molecule has 3 aromatic rings. The van der Waals surface area contributed by atoms with Crippen LogP contribution in [-0.2, 0) is 11.0 Å². The minimum Gasteiger partial charge on any atom is -0.358 e. The summed E-state index contributed by atoms with van der Waals surface area (Å²) >= 11 is 5.91. The van der Waals surface area contributed by atoms with E-state index in [0.29, 0.717) is 17.2 Å². The molecule has 1 atom stereocenters. The molecule has 166 valence electrons. The highest BCUT2D eigenvalue weighted by molar-refractivity contribution is 6.31. The van der Waals surface area contributed by atoms with E-state index in [2.05, 4.69) is 25.3 Å². The SMILES string of the molecule is C[C@H](Nc1nc(-c2c[nH]c3ncc(Cl)cc23)ncc1C(F)(F)F)C(=O)NCC(F)(F)F. The Kier molecular flexibility index (Phi) is 5.98. The Morgan fingerprint density at radius 2 is 1.90 bits per heavy atom. The summed E-state index contributed by atoms with van der Waals surface area (Å²) in [6.45, 7) is -0.523. The van der Waals surface area contributed by atoms with Crippen LogP contribution < -0.4 is 10.6 Å². The number of aromatic nitrogens is 4. The van der Waals surface area contributed by atoms with E-state index < -0.39 is 42.2 Å². The standard InChI is InChI=1S/C17H13ClF6N6O/c1-7(15(31)28-6-16(19,20)21)29-14-11(17(22,23)24)5-27-13(30-14)10-4-26-12-9(10)2-8(18)3-25-12/h2-5,7H,6H2,1H3,(H,25,26)(H,28,31)(H,27,29,30)/t7-/m0/s1. The molecule has 31 heavy (non-hydrogen) atoms. The van der Waals surface area contributed by atoms with Gasteiger partial charge in [0, 0.05) is 29.5 Å². The van der Waals surface area contributed by atoms with Crippen molar-refractivity contribution in [3.63, 3.8) is 0 Å². The lowest BCUT2D eigenvalue weighted by atomic mass is 10.2. The fourth-order valence-corrected chi connectivity index (χ4v) is 2.76. The highest BCUT2D eigenvalue weighted by Crippen LogP contribution is 2.35. The summed E-state index contributed by atoms with van der Waals surface area (Å²) in [7, 11) is 0. The number of pyridine rings is 1. The summed E-state index contributed by atoms with van der Waals surface area (Å²) < 4.78 is 77.0. The van der Waals surface area contributed by atoms with Gasteiger partial charge >= 0.3 is 12.4 Å². The van der Waals surface area contributed by atoms with Crippen molar-refractivity contribution < 1.29 is 31.1 Å². The van der Waals surface area contributed by atoms with Gasteiger partial charge in [0.2, 0.25) is 5.91 Å². The number of nitrogens with zero attached hydrogens (tertiary/aromatic N) is 3. The minimum atomic E-state index is -4.88. The number of H-pyrrole nitrogens is 1. The molecule has 3 N–H and O–H groups in total. The van der Waals surface area contributed by atoms with E-state index in [1.807, 2.05) is 0 Å². The lowest BCUT2D eigenvalue weighted by Gasteiger charge is -2.19. The van der Waals surface area contributed by atoms with Gasteiger partial charge in [-0.15, -0.1) is 0 Å². The van der Waals surface area contributed by atoms with Gasteiger partial charge in [-0.2, -0.15) is 26.3 Å². The van der Waals surface area contributed by atoms with Crippen molar-refractivity contribution in [1.82, 2.24) is 25.3 Å². The van der Waals surface area contributed by atoms with Gasteiger partial charge in [0.05, 0.1) is 5.02 Å². The molecular weight excluding hydrogens is 454 g/mol. The first-order valence-electron chi connectivity index (χ1n) is 8.53. The van der Waals surface area contributed by atoms with E-state index in [1.165, 1.54) is 18.5 Å². The Balaban J connectivity index is 1.96. The van der Waals surface area contributed by atoms with Gasteiger partial charge < -0.3 is 15.6 Å². The van der Waals surface area contributed by atoms with Gasteiger partial charge in [-0.05, 0) is 13.0 Å². The number of amides is 1. The second-order valence-electron chi connectivity index (χ2n) is 6.40. The zero-order valence-electron chi connectivity index (χ0n) is 15.5.